The first-order valence-electron chi connectivity index (χ1n) is 6.99. The maximum Gasteiger partial charge on any atom is 0.500 e. The third-order valence-corrected chi connectivity index (χ3v) is 6.64. The molecule has 0 saturated heterocycles. The van der Waals surface area contributed by atoms with Gasteiger partial charge in [-0.1, -0.05) is 18.7 Å². The molecule has 8 nitrogen and oxygen atoms in total. The average molecular weight is 349 g/mol. The number of nitrogens with one attached hydrogen (secondary N) is 1. The van der Waals surface area contributed by atoms with Crippen molar-refractivity contribution >= 4 is 26.6 Å². The number of amides is 1. The first-order chi connectivity index (χ1) is 10.6. The molecule has 0 aromatic carbocycles. The van der Waals surface area contributed by atoms with Gasteiger partial charge in [-0.05, 0) is 12.7 Å². The third kappa shape index (κ3) is 4.78. The SMILES string of the molecule is CCc1nc(SC)n(C(=O)NCCC[Si](OC)(OC)OC)n1. The lowest BCUT2D eigenvalue weighted by molar-refractivity contribution is 0.123. The Kier molecular flexibility index (Phi) is 8.04. The molecule has 0 saturated carbocycles. The lowest BCUT2D eigenvalue weighted by Gasteiger charge is -2.24. The summed E-state index contributed by atoms with van der Waals surface area (Å²) in [5.74, 6) is 0.657. The Morgan fingerprint density at radius 1 is 1.32 bits per heavy atom. The summed E-state index contributed by atoms with van der Waals surface area (Å²) in [6, 6.07) is 0.347. The smallest absolute Gasteiger partial charge is 0.377 e. The second-order valence-electron chi connectivity index (χ2n) is 4.41. The zero-order valence-corrected chi connectivity index (χ0v) is 15.5. The number of rotatable bonds is 9. The Balaban J connectivity index is 2.51. The van der Waals surface area contributed by atoms with Crippen LogP contribution in [0.1, 0.15) is 19.2 Å². The molecule has 0 aliphatic rings. The summed E-state index contributed by atoms with van der Waals surface area (Å²) in [6.45, 7) is 2.44. The van der Waals surface area contributed by atoms with Crippen LogP contribution in [0.3, 0.4) is 0 Å². The van der Waals surface area contributed by atoms with E-state index in [2.05, 4.69) is 15.4 Å². The molecule has 126 valence electrons. The first-order valence-corrected chi connectivity index (χ1v) is 10.1. The molecule has 1 heterocycles. The number of hydrogen-bond donors (Lipinski definition) is 1. The van der Waals surface area contributed by atoms with Gasteiger partial charge in [-0.25, -0.2) is 9.78 Å². The molecule has 1 aromatic rings. The van der Waals surface area contributed by atoms with Gasteiger partial charge in [0.1, 0.15) is 0 Å². The van der Waals surface area contributed by atoms with Crippen molar-refractivity contribution in [1.29, 1.82) is 0 Å². The van der Waals surface area contributed by atoms with Crippen molar-refractivity contribution in [3.63, 3.8) is 0 Å². The van der Waals surface area contributed by atoms with Crippen LogP contribution in [-0.4, -0.2) is 63.7 Å². The Morgan fingerprint density at radius 3 is 2.45 bits per heavy atom. The fraction of sp³-hybridized carbons (Fsp3) is 0.750. The summed E-state index contributed by atoms with van der Waals surface area (Å²) in [5, 5.41) is 7.59. The van der Waals surface area contributed by atoms with E-state index >= 15 is 0 Å². The van der Waals surface area contributed by atoms with Gasteiger partial charge in [-0.2, -0.15) is 4.68 Å². The van der Waals surface area contributed by atoms with E-state index < -0.39 is 8.80 Å². The minimum atomic E-state index is -2.58. The molecular weight excluding hydrogens is 324 g/mol. The molecule has 1 N–H and O–H groups in total. The Bertz CT molecular complexity index is 473. The van der Waals surface area contributed by atoms with E-state index in [1.54, 1.807) is 21.3 Å². The summed E-state index contributed by atoms with van der Waals surface area (Å²) in [6.07, 6.45) is 3.25. The van der Waals surface area contributed by atoms with Crippen molar-refractivity contribution in [1.82, 2.24) is 20.1 Å². The Labute approximate surface area is 136 Å². The van der Waals surface area contributed by atoms with Gasteiger partial charge in [-0.3, -0.25) is 0 Å². The maximum absolute atomic E-state index is 12.1. The third-order valence-electron chi connectivity index (χ3n) is 3.18. The molecule has 0 atom stereocenters. The quantitative estimate of drug-likeness (QED) is 0.410. The van der Waals surface area contributed by atoms with Crippen LogP contribution in [0.4, 0.5) is 4.79 Å². The molecular formula is C12H24N4O4SSi. The molecule has 1 amide bonds. The van der Waals surface area contributed by atoms with Gasteiger partial charge < -0.3 is 18.6 Å². The Hall–Kier alpha value is -0.943. The normalized spacial score (nSPS) is 11.7. The standard InChI is InChI=1S/C12H24N4O4SSi/c1-6-10-14-12(21-5)16(15-10)11(17)13-8-7-9-22(18-2,19-3)20-4/h6-9H2,1-5H3,(H,13,17). The van der Waals surface area contributed by atoms with Gasteiger partial charge in [0.05, 0.1) is 0 Å². The lowest BCUT2D eigenvalue weighted by atomic mass is 10.5. The molecule has 0 unspecified atom stereocenters. The summed E-state index contributed by atoms with van der Waals surface area (Å²) in [4.78, 5) is 16.4. The van der Waals surface area contributed by atoms with Crippen molar-refractivity contribution in [2.24, 2.45) is 0 Å². The number of nitrogens with zero attached hydrogens (tertiary/aromatic N) is 3. The number of aromatic nitrogens is 3. The van der Waals surface area contributed by atoms with E-state index in [0.717, 1.165) is 0 Å². The largest absolute Gasteiger partial charge is 0.500 e. The van der Waals surface area contributed by atoms with Gasteiger partial charge in [0.25, 0.3) is 0 Å². The van der Waals surface area contributed by atoms with E-state index in [-0.39, 0.29) is 6.03 Å². The van der Waals surface area contributed by atoms with Crippen LogP contribution in [0.2, 0.25) is 6.04 Å². The predicted octanol–water partition coefficient (Wildman–Crippen LogP) is 1.39. The zero-order valence-electron chi connectivity index (χ0n) is 13.7. The minimum Gasteiger partial charge on any atom is -0.377 e. The van der Waals surface area contributed by atoms with E-state index in [0.29, 0.717) is 36.4 Å². The van der Waals surface area contributed by atoms with Gasteiger partial charge in [0, 0.05) is 40.3 Å². The number of carbonyl (C=O) groups is 1. The molecule has 0 spiro atoms. The van der Waals surface area contributed by atoms with Crippen LogP contribution < -0.4 is 5.32 Å². The molecule has 0 aliphatic carbocycles. The zero-order chi connectivity index (χ0) is 16.6. The van der Waals surface area contributed by atoms with Crippen LogP contribution in [0.15, 0.2) is 5.16 Å². The van der Waals surface area contributed by atoms with Crippen molar-refractivity contribution in [3.8, 4) is 0 Å². The minimum absolute atomic E-state index is 0.281. The van der Waals surface area contributed by atoms with Crippen LogP contribution >= 0.6 is 11.8 Å². The lowest BCUT2D eigenvalue weighted by Crippen LogP contribution is -2.43. The summed E-state index contributed by atoms with van der Waals surface area (Å²) < 4.78 is 17.3. The molecule has 0 aliphatic heterocycles. The molecule has 10 heteroatoms. The van der Waals surface area contributed by atoms with Crippen LogP contribution in [0.5, 0.6) is 0 Å². The highest BCUT2D eigenvalue weighted by molar-refractivity contribution is 7.98. The average Bonchev–Trinajstić information content (AvgIpc) is 2.99. The molecule has 1 aromatic heterocycles. The van der Waals surface area contributed by atoms with E-state index in [4.69, 9.17) is 13.3 Å². The van der Waals surface area contributed by atoms with Gasteiger partial charge in [0.15, 0.2) is 11.0 Å². The fourth-order valence-electron chi connectivity index (χ4n) is 1.88. The van der Waals surface area contributed by atoms with E-state index in [9.17, 15) is 4.79 Å². The molecule has 22 heavy (non-hydrogen) atoms. The van der Waals surface area contributed by atoms with Crippen LogP contribution in [0, 0.1) is 0 Å². The van der Waals surface area contributed by atoms with Crippen LogP contribution in [0.25, 0.3) is 0 Å². The molecule has 0 radical (unpaired) electrons. The van der Waals surface area contributed by atoms with Crippen molar-refractivity contribution in [2.45, 2.75) is 31.0 Å². The summed E-state index contributed by atoms with van der Waals surface area (Å²) >= 11 is 1.39. The molecule has 1 rings (SSSR count). The van der Waals surface area contributed by atoms with Gasteiger partial charge in [-0.15, -0.1) is 5.10 Å². The summed E-state index contributed by atoms with van der Waals surface area (Å²) in [7, 11) is 2.14. The predicted molar refractivity (Wildman–Crippen MR) is 86.2 cm³/mol. The topological polar surface area (TPSA) is 87.5 Å². The fourth-order valence-corrected chi connectivity index (χ4v) is 4.10. The summed E-state index contributed by atoms with van der Waals surface area (Å²) in [5.41, 5.74) is 0. The van der Waals surface area contributed by atoms with E-state index in [1.807, 2.05) is 13.2 Å². The number of thioether (sulfide) groups is 1. The monoisotopic (exact) mass is 348 g/mol. The van der Waals surface area contributed by atoms with Crippen LogP contribution in [-0.2, 0) is 19.7 Å². The number of aryl methyl sites for hydroxylation is 1. The van der Waals surface area contributed by atoms with Crippen molar-refractivity contribution in [2.75, 3.05) is 34.1 Å². The number of carbonyl (C=O) groups excluding carboxylic acids is 1. The highest BCUT2D eigenvalue weighted by Gasteiger charge is 2.36. The second-order valence-corrected chi connectivity index (χ2v) is 8.28. The highest BCUT2D eigenvalue weighted by Crippen LogP contribution is 2.15. The van der Waals surface area contributed by atoms with Gasteiger partial charge in [0.2, 0.25) is 0 Å². The molecule has 0 bridgehead atoms. The first kappa shape index (κ1) is 19.1. The second kappa shape index (κ2) is 9.25. The van der Waals surface area contributed by atoms with Crippen molar-refractivity contribution < 1.29 is 18.1 Å². The van der Waals surface area contributed by atoms with E-state index in [1.165, 1.54) is 16.4 Å². The molecule has 0 fully saturated rings. The number of hydrogen-bond acceptors (Lipinski definition) is 7. The highest BCUT2D eigenvalue weighted by atomic mass is 32.2. The maximum atomic E-state index is 12.1. The van der Waals surface area contributed by atoms with Gasteiger partial charge >= 0.3 is 14.8 Å². The Morgan fingerprint density at radius 2 is 1.95 bits per heavy atom. The van der Waals surface area contributed by atoms with Crippen molar-refractivity contribution in [3.05, 3.63) is 5.82 Å².